The third kappa shape index (κ3) is 2.91. The first-order valence-corrected chi connectivity index (χ1v) is 6.55. The quantitative estimate of drug-likeness (QED) is 0.869. The molecule has 0 bridgehead atoms. The summed E-state index contributed by atoms with van der Waals surface area (Å²) in [5.41, 5.74) is 7.27. The van der Waals surface area contributed by atoms with E-state index in [1.807, 2.05) is 13.2 Å². The second-order valence-electron chi connectivity index (χ2n) is 3.72. The SMILES string of the molecule is Cn1cc(CCS(=O)c2ncccc2N)cn1. The van der Waals surface area contributed by atoms with Gasteiger partial charge in [-0.2, -0.15) is 5.10 Å². The van der Waals surface area contributed by atoms with E-state index in [-0.39, 0.29) is 0 Å². The van der Waals surface area contributed by atoms with Crippen LogP contribution in [0.5, 0.6) is 0 Å². The van der Waals surface area contributed by atoms with E-state index in [9.17, 15) is 4.21 Å². The fourth-order valence-electron chi connectivity index (χ4n) is 1.50. The number of hydrogen-bond acceptors (Lipinski definition) is 4. The molecule has 2 heterocycles. The van der Waals surface area contributed by atoms with Crippen LogP contribution in [0.1, 0.15) is 5.56 Å². The van der Waals surface area contributed by atoms with Gasteiger partial charge in [-0.05, 0) is 24.1 Å². The molecule has 1 atom stereocenters. The van der Waals surface area contributed by atoms with Crippen LogP contribution in [0.15, 0.2) is 35.7 Å². The molecule has 0 saturated carbocycles. The van der Waals surface area contributed by atoms with Crippen LogP contribution in [-0.4, -0.2) is 24.7 Å². The fourth-order valence-corrected chi connectivity index (χ4v) is 2.63. The van der Waals surface area contributed by atoms with E-state index in [1.54, 1.807) is 29.2 Å². The van der Waals surface area contributed by atoms with Crippen molar-refractivity contribution < 1.29 is 4.21 Å². The van der Waals surface area contributed by atoms with E-state index in [0.717, 1.165) is 5.56 Å². The van der Waals surface area contributed by atoms with E-state index in [1.165, 1.54) is 0 Å². The molecule has 2 aromatic rings. The molecule has 90 valence electrons. The Kier molecular flexibility index (Phi) is 3.53. The van der Waals surface area contributed by atoms with Crippen LogP contribution in [-0.2, 0) is 24.3 Å². The number of nitrogens with two attached hydrogens (primary N) is 1. The summed E-state index contributed by atoms with van der Waals surface area (Å²) in [6.07, 6.45) is 6.00. The van der Waals surface area contributed by atoms with Crippen LogP contribution in [0.4, 0.5) is 5.69 Å². The fraction of sp³-hybridized carbons (Fsp3) is 0.273. The summed E-state index contributed by atoms with van der Waals surface area (Å²) in [5.74, 6) is 0.507. The van der Waals surface area contributed by atoms with Gasteiger partial charge in [0.25, 0.3) is 0 Å². The Bertz CT molecular complexity index is 538. The van der Waals surface area contributed by atoms with E-state index in [0.29, 0.717) is 22.9 Å². The molecular weight excluding hydrogens is 236 g/mol. The van der Waals surface area contributed by atoms with Gasteiger partial charge in [-0.3, -0.25) is 8.89 Å². The highest BCUT2D eigenvalue weighted by Crippen LogP contribution is 2.13. The maximum atomic E-state index is 12.0. The lowest BCUT2D eigenvalue weighted by Gasteiger charge is -2.03. The molecule has 2 aromatic heterocycles. The van der Waals surface area contributed by atoms with Gasteiger partial charge in [-0.1, -0.05) is 0 Å². The maximum absolute atomic E-state index is 12.0. The first-order valence-electron chi connectivity index (χ1n) is 5.23. The topological polar surface area (TPSA) is 73.8 Å². The Balaban J connectivity index is 2.01. The predicted molar refractivity (Wildman–Crippen MR) is 66.8 cm³/mol. The lowest BCUT2D eigenvalue weighted by Crippen LogP contribution is -2.06. The zero-order valence-electron chi connectivity index (χ0n) is 9.54. The highest BCUT2D eigenvalue weighted by atomic mass is 32.2. The minimum atomic E-state index is -1.16. The number of pyridine rings is 1. The average Bonchev–Trinajstić information content (AvgIpc) is 2.73. The number of aromatic nitrogens is 3. The van der Waals surface area contributed by atoms with Crippen molar-refractivity contribution in [3.8, 4) is 0 Å². The van der Waals surface area contributed by atoms with Gasteiger partial charge in [0.15, 0.2) is 0 Å². The van der Waals surface area contributed by atoms with Gasteiger partial charge in [0.1, 0.15) is 5.03 Å². The number of rotatable bonds is 4. The van der Waals surface area contributed by atoms with Crippen LogP contribution in [0, 0.1) is 0 Å². The standard InChI is InChI=1S/C11H14N4OS/c1-15-8-9(7-14-15)4-6-17(16)11-10(12)3-2-5-13-11/h2-3,5,7-8H,4,6,12H2,1H3. The summed E-state index contributed by atoms with van der Waals surface area (Å²) >= 11 is 0. The third-order valence-corrected chi connectivity index (χ3v) is 3.70. The van der Waals surface area contributed by atoms with Gasteiger partial charge in [0.05, 0.1) is 22.7 Å². The number of nitrogen functional groups attached to an aromatic ring is 1. The molecule has 0 spiro atoms. The minimum Gasteiger partial charge on any atom is -0.396 e. The maximum Gasteiger partial charge on any atom is 0.150 e. The van der Waals surface area contributed by atoms with Gasteiger partial charge in [0.2, 0.25) is 0 Å². The van der Waals surface area contributed by atoms with Crippen molar-refractivity contribution in [1.82, 2.24) is 14.8 Å². The molecule has 0 aliphatic carbocycles. The largest absolute Gasteiger partial charge is 0.396 e. The normalized spacial score (nSPS) is 12.5. The molecule has 1 unspecified atom stereocenters. The number of anilines is 1. The predicted octanol–water partition coefficient (Wildman–Crippen LogP) is 0.748. The van der Waals surface area contributed by atoms with Gasteiger partial charge in [-0.25, -0.2) is 4.98 Å². The molecule has 6 heteroatoms. The van der Waals surface area contributed by atoms with Crippen molar-refractivity contribution in [1.29, 1.82) is 0 Å². The van der Waals surface area contributed by atoms with Gasteiger partial charge >= 0.3 is 0 Å². The van der Waals surface area contributed by atoms with Crippen molar-refractivity contribution in [2.24, 2.45) is 7.05 Å². The summed E-state index contributed by atoms with van der Waals surface area (Å²) in [7, 11) is 0.699. The van der Waals surface area contributed by atoms with E-state index in [4.69, 9.17) is 5.73 Å². The summed E-state index contributed by atoms with van der Waals surface area (Å²) < 4.78 is 13.7. The summed E-state index contributed by atoms with van der Waals surface area (Å²) in [4.78, 5) is 4.05. The zero-order chi connectivity index (χ0) is 12.3. The van der Waals surface area contributed by atoms with Gasteiger partial charge in [0, 0.05) is 25.2 Å². The zero-order valence-corrected chi connectivity index (χ0v) is 10.4. The summed E-state index contributed by atoms with van der Waals surface area (Å²) in [6.45, 7) is 0. The molecule has 2 rings (SSSR count). The van der Waals surface area contributed by atoms with Gasteiger partial charge < -0.3 is 5.73 Å². The Morgan fingerprint density at radius 3 is 3.00 bits per heavy atom. The first-order chi connectivity index (χ1) is 8.16. The van der Waals surface area contributed by atoms with E-state index in [2.05, 4.69) is 10.1 Å². The Morgan fingerprint density at radius 1 is 1.53 bits per heavy atom. The van der Waals surface area contributed by atoms with Crippen molar-refractivity contribution in [3.05, 3.63) is 36.3 Å². The number of hydrogen-bond donors (Lipinski definition) is 1. The molecule has 5 nitrogen and oxygen atoms in total. The monoisotopic (exact) mass is 250 g/mol. The molecule has 0 saturated heterocycles. The molecule has 2 N–H and O–H groups in total. The smallest absolute Gasteiger partial charge is 0.150 e. The molecule has 0 aliphatic heterocycles. The summed E-state index contributed by atoms with van der Waals surface area (Å²) in [6, 6.07) is 3.45. The molecule has 0 aliphatic rings. The van der Waals surface area contributed by atoms with Gasteiger partial charge in [-0.15, -0.1) is 0 Å². The third-order valence-electron chi connectivity index (χ3n) is 2.35. The second kappa shape index (κ2) is 5.09. The average molecular weight is 250 g/mol. The minimum absolute atomic E-state index is 0.469. The van der Waals surface area contributed by atoms with Crippen molar-refractivity contribution in [3.63, 3.8) is 0 Å². The molecule has 0 aromatic carbocycles. The first kappa shape index (κ1) is 11.8. The van der Waals surface area contributed by atoms with Crippen molar-refractivity contribution in [2.45, 2.75) is 11.4 Å². The molecule has 0 fully saturated rings. The Morgan fingerprint density at radius 2 is 2.35 bits per heavy atom. The Hall–Kier alpha value is -1.69. The van der Waals surface area contributed by atoms with Crippen LogP contribution in [0.25, 0.3) is 0 Å². The van der Waals surface area contributed by atoms with E-state index < -0.39 is 10.8 Å². The lowest BCUT2D eigenvalue weighted by atomic mass is 10.3. The molecule has 0 radical (unpaired) electrons. The number of nitrogens with zero attached hydrogens (tertiary/aromatic N) is 3. The second-order valence-corrected chi connectivity index (χ2v) is 5.21. The Labute approximate surface area is 102 Å². The highest BCUT2D eigenvalue weighted by molar-refractivity contribution is 7.85. The van der Waals surface area contributed by atoms with Crippen LogP contribution < -0.4 is 5.73 Å². The molecule has 17 heavy (non-hydrogen) atoms. The highest BCUT2D eigenvalue weighted by Gasteiger charge is 2.09. The lowest BCUT2D eigenvalue weighted by molar-refractivity contribution is 0.680. The number of aryl methyl sites for hydroxylation is 2. The van der Waals surface area contributed by atoms with Crippen molar-refractivity contribution in [2.75, 3.05) is 11.5 Å². The molecule has 0 amide bonds. The summed E-state index contributed by atoms with van der Waals surface area (Å²) in [5, 5.41) is 4.53. The van der Waals surface area contributed by atoms with Crippen molar-refractivity contribution >= 4 is 16.5 Å². The van der Waals surface area contributed by atoms with Crippen LogP contribution >= 0.6 is 0 Å². The van der Waals surface area contributed by atoms with Crippen LogP contribution in [0.3, 0.4) is 0 Å². The molecular formula is C11H14N4OS. The van der Waals surface area contributed by atoms with E-state index >= 15 is 0 Å². The van der Waals surface area contributed by atoms with Crippen LogP contribution in [0.2, 0.25) is 0 Å².